The second-order valence-corrected chi connectivity index (χ2v) is 4.33. The molecule has 0 aromatic carbocycles. The number of ether oxygens (including phenoxy) is 1. The number of nitrogens with one attached hydrogen (secondary N) is 1. The quantitative estimate of drug-likeness (QED) is 0.862. The van der Waals surface area contributed by atoms with E-state index in [4.69, 9.17) is 10.00 Å². The molecule has 90 valence electrons. The standard InChI is InChI=1S/C13H17N3O/c1-15-12-4-2-3-5-13(12)17-11-7-6-10(8-14)16-9-11/h6-7,9,12-13,15H,2-5H2,1H3. The van der Waals surface area contributed by atoms with Crippen LogP contribution in [-0.4, -0.2) is 24.2 Å². The molecule has 4 heteroatoms. The zero-order valence-electron chi connectivity index (χ0n) is 10.0. The van der Waals surface area contributed by atoms with Crippen molar-refractivity contribution in [2.45, 2.75) is 37.8 Å². The first-order valence-electron chi connectivity index (χ1n) is 6.03. The molecule has 0 amide bonds. The van der Waals surface area contributed by atoms with Gasteiger partial charge in [0.05, 0.1) is 6.20 Å². The maximum Gasteiger partial charge on any atom is 0.140 e. The highest BCUT2D eigenvalue weighted by atomic mass is 16.5. The average molecular weight is 231 g/mol. The number of nitriles is 1. The van der Waals surface area contributed by atoms with Crippen molar-refractivity contribution < 1.29 is 4.74 Å². The summed E-state index contributed by atoms with van der Waals surface area (Å²) < 4.78 is 5.92. The summed E-state index contributed by atoms with van der Waals surface area (Å²) in [5, 5.41) is 12.0. The number of likely N-dealkylation sites (N-methyl/N-ethyl adjacent to an activating group) is 1. The van der Waals surface area contributed by atoms with E-state index in [-0.39, 0.29) is 6.10 Å². The van der Waals surface area contributed by atoms with Crippen molar-refractivity contribution in [1.82, 2.24) is 10.3 Å². The molecule has 1 saturated carbocycles. The normalized spacial score (nSPS) is 24.0. The minimum atomic E-state index is 0.212. The Kier molecular flexibility index (Phi) is 3.94. The van der Waals surface area contributed by atoms with Gasteiger partial charge in [0.25, 0.3) is 0 Å². The van der Waals surface area contributed by atoms with Crippen LogP contribution in [0.2, 0.25) is 0 Å². The molecule has 1 aromatic rings. The van der Waals surface area contributed by atoms with Crippen molar-refractivity contribution in [3.63, 3.8) is 0 Å². The van der Waals surface area contributed by atoms with Crippen LogP contribution < -0.4 is 10.1 Å². The van der Waals surface area contributed by atoms with Crippen LogP contribution in [-0.2, 0) is 0 Å². The van der Waals surface area contributed by atoms with Crippen LogP contribution in [0.15, 0.2) is 18.3 Å². The number of rotatable bonds is 3. The van der Waals surface area contributed by atoms with Crippen LogP contribution in [0.25, 0.3) is 0 Å². The number of pyridine rings is 1. The zero-order valence-corrected chi connectivity index (χ0v) is 10.0. The molecule has 0 saturated heterocycles. The molecule has 0 bridgehead atoms. The van der Waals surface area contributed by atoms with Gasteiger partial charge in [-0.15, -0.1) is 0 Å². The molecule has 4 nitrogen and oxygen atoms in total. The second-order valence-electron chi connectivity index (χ2n) is 4.33. The predicted octanol–water partition coefficient (Wildman–Crippen LogP) is 1.86. The summed E-state index contributed by atoms with van der Waals surface area (Å²) in [4.78, 5) is 4.01. The van der Waals surface area contributed by atoms with Gasteiger partial charge in [-0.2, -0.15) is 5.26 Å². The monoisotopic (exact) mass is 231 g/mol. The highest BCUT2D eigenvalue weighted by molar-refractivity contribution is 5.26. The molecule has 17 heavy (non-hydrogen) atoms. The Morgan fingerprint density at radius 3 is 2.88 bits per heavy atom. The topological polar surface area (TPSA) is 57.9 Å². The van der Waals surface area contributed by atoms with Crippen LogP contribution >= 0.6 is 0 Å². The average Bonchev–Trinajstić information content (AvgIpc) is 2.40. The van der Waals surface area contributed by atoms with Gasteiger partial charge >= 0.3 is 0 Å². The van der Waals surface area contributed by atoms with E-state index in [1.165, 1.54) is 12.8 Å². The van der Waals surface area contributed by atoms with Gasteiger partial charge in [-0.1, -0.05) is 6.42 Å². The van der Waals surface area contributed by atoms with Crippen molar-refractivity contribution in [3.05, 3.63) is 24.0 Å². The van der Waals surface area contributed by atoms with Crippen LogP contribution in [0, 0.1) is 11.3 Å². The number of aromatic nitrogens is 1. The predicted molar refractivity (Wildman–Crippen MR) is 64.7 cm³/mol. The van der Waals surface area contributed by atoms with Gasteiger partial charge in [0.15, 0.2) is 0 Å². The van der Waals surface area contributed by atoms with E-state index in [0.717, 1.165) is 18.6 Å². The fraction of sp³-hybridized carbons (Fsp3) is 0.538. The summed E-state index contributed by atoms with van der Waals surface area (Å²) in [7, 11) is 1.98. The highest BCUT2D eigenvalue weighted by Crippen LogP contribution is 2.23. The van der Waals surface area contributed by atoms with E-state index in [9.17, 15) is 0 Å². The van der Waals surface area contributed by atoms with E-state index in [2.05, 4.69) is 10.3 Å². The molecule has 2 atom stereocenters. The van der Waals surface area contributed by atoms with Crippen molar-refractivity contribution in [1.29, 1.82) is 5.26 Å². The molecule has 2 unspecified atom stereocenters. The third-order valence-electron chi connectivity index (χ3n) is 3.21. The van der Waals surface area contributed by atoms with Crippen LogP contribution in [0.4, 0.5) is 0 Å². The number of nitrogens with zero attached hydrogens (tertiary/aromatic N) is 2. The van der Waals surface area contributed by atoms with Gasteiger partial charge in [-0.3, -0.25) is 0 Å². The maximum absolute atomic E-state index is 8.67. The first kappa shape index (κ1) is 11.9. The summed E-state index contributed by atoms with van der Waals surface area (Å²) in [6.45, 7) is 0. The minimum absolute atomic E-state index is 0.212. The Hall–Kier alpha value is -1.60. The van der Waals surface area contributed by atoms with Crippen LogP contribution in [0.3, 0.4) is 0 Å². The minimum Gasteiger partial charge on any atom is -0.487 e. The SMILES string of the molecule is CNC1CCCCC1Oc1ccc(C#N)nc1. The zero-order chi connectivity index (χ0) is 12.1. The maximum atomic E-state index is 8.67. The van der Waals surface area contributed by atoms with Crippen LogP contribution in [0.1, 0.15) is 31.4 Å². The van der Waals surface area contributed by atoms with Gasteiger partial charge in [0.1, 0.15) is 23.6 Å². The van der Waals surface area contributed by atoms with Crippen molar-refractivity contribution in [3.8, 4) is 11.8 Å². The molecule has 0 radical (unpaired) electrons. The molecule has 1 aliphatic rings. The second kappa shape index (κ2) is 5.65. The smallest absolute Gasteiger partial charge is 0.140 e. The van der Waals surface area contributed by atoms with Crippen molar-refractivity contribution >= 4 is 0 Å². The summed E-state index contributed by atoms with van der Waals surface area (Å²) in [5.74, 6) is 0.746. The Labute approximate surface area is 102 Å². The molecule has 1 fully saturated rings. The number of hydrogen-bond donors (Lipinski definition) is 1. The summed E-state index contributed by atoms with van der Waals surface area (Å²) in [6, 6.07) is 5.91. The van der Waals surface area contributed by atoms with E-state index < -0.39 is 0 Å². The highest BCUT2D eigenvalue weighted by Gasteiger charge is 2.25. The lowest BCUT2D eigenvalue weighted by atomic mass is 9.92. The Balaban J connectivity index is 2.01. The lowest BCUT2D eigenvalue weighted by Gasteiger charge is -2.31. The van der Waals surface area contributed by atoms with Gasteiger partial charge in [0, 0.05) is 6.04 Å². The molecular formula is C13H17N3O. The Morgan fingerprint density at radius 1 is 1.41 bits per heavy atom. The fourth-order valence-electron chi connectivity index (χ4n) is 2.26. The van der Waals surface area contributed by atoms with Crippen molar-refractivity contribution in [2.75, 3.05) is 7.05 Å². The van der Waals surface area contributed by atoms with Gasteiger partial charge in [-0.05, 0) is 38.4 Å². The summed E-state index contributed by atoms with van der Waals surface area (Å²) in [6.07, 6.45) is 6.54. The lowest BCUT2D eigenvalue weighted by Crippen LogP contribution is -2.43. The first-order valence-corrected chi connectivity index (χ1v) is 6.03. The summed E-state index contributed by atoms with van der Waals surface area (Å²) in [5.41, 5.74) is 0.422. The largest absolute Gasteiger partial charge is 0.487 e. The lowest BCUT2D eigenvalue weighted by molar-refractivity contribution is 0.117. The van der Waals surface area contributed by atoms with E-state index in [1.54, 1.807) is 12.3 Å². The molecule has 1 aliphatic carbocycles. The van der Waals surface area contributed by atoms with Gasteiger partial charge in [-0.25, -0.2) is 4.98 Å². The Bertz CT molecular complexity index is 396. The first-order chi connectivity index (χ1) is 8.33. The third-order valence-corrected chi connectivity index (χ3v) is 3.21. The molecule has 1 heterocycles. The molecule has 1 N–H and O–H groups in total. The third kappa shape index (κ3) is 2.95. The molecular weight excluding hydrogens is 214 g/mol. The fourth-order valence-corrected chi connectivity index (χ4v) is 2.26. The van der Waals surface area contributed by atoms with Gasteiger partial charge in [0.2, 0.25) is 0 Å². The van der Waals surface area contributed by atoms with E-state index >= 15 is 0 Å². The summed E-state index contributed by atoms with van der Waals surface area (Å²) >= 11 is 0. The van der Waals surface area contributed by atoms with E-state index in [0.29, 0.717) is 11.7 Å². The molecule has 1 aromatic heterocycles. The molecule has 0 spiro atoms. The molecule has 0 aliphatic heterocycles. The van der Waals surface area contributed by atoms with Crippen molar-refractivity contribution in [2.24, 2.45) is 0 Å². The Morgan fingerprint density at radius 2 is 2.24 bits per heavy atom. The van der Waals surface area contributed by atoms with Crippen LogP contribution in [0.5, 0.6) is 5.75 Å². The van der Waals surface area contributed by atoms with E-state index in [1.807, 2.05) is 19.2 Å². The number of hydrogen-bond acceptors (Lipinski definition) is 4. The molecule has 2 rings (SSSR count). The van der Waals surface area contributed by atoms with Gasteiger partial charge < -0.3 is 10.1 Å².